The minimum atomic E-state index is -0.105. The van der Waals surface area contributed by atoms with Crippen LogP contribution in [0, 0.1) is 0 Å². The van der Waals surface area contributed by atoms with Gasteiger partial charge in [0.1, 0.15) is 10.5 Å². The van der Waals surface area contributed by atoms with E-state index in [9.17, 15) is 4.79 Å². The van der Waals surface area contributed by atoms with Crippen LogP contribution in [-0.4, -0.2) is 30.2 Å². The van der Waals surface area contributed by atoms with Crippen LogP contribution in [0.25, 0.3) is 10.2 Å². The number of allylic oxidation sites excluding steroid dienone is 1. The van der Waals surface area contributed by atoms with E-state index in [4.69, 9.17) is 0 Å². The number of thiophene rings is 1. The Morgan fingerprint density at radius 2 is 2.45 bits per heavy atom. The summed E-state index contributed by atoms with van der Waals surface area (Å²) in [5.41, 5.74) is 0.617. The number of thioether (sulfide) groups is 1. The van der Waals surface area contributed by atoms with E-state index in [2.05, 4.69) is 32.1 Å². The van der Waals surface area contributed by atoms with Crippen molar-refractivity contribution in [3.63, 3.8) is 0 Å². The number of aromatic amines is 1. The Balaban J connectivity index is 1.81. The molecule has 0 atom stereocenters. The number of hydrogen-bond donors (Lipinski definition) is 1. The highest BCUT2D eigenvalue weighted by atomic mass is 32.2. The Bertz CT molecular complexity index is 804. The minimum absolute atomic E-state index is 0.105. The largest absolute Gasteiger partial charge is 0.309 e. The second-order valence-corrected chi connectivity index (χ2v) is 5.73. The van der Waals surface area contributed by atoms with Gasteiger partial charge in [0, 0.05) is 0 Å². The van der Waals surface area contributed by atoms with Crippen molar-refractivity contribution in [2.75, 3.05) is 0 Å². The lowest BCUT2D eigenvalue weighted by molar-refractivity contribution is 0.614. The van der Waals surface area contributed by atoms with Crippen molar-refractivity contribution in [2.24, 2.45) is 0 Å². The van der Waals surface area contributed by atoms with Crippen LogP contribution >= 0.6 is 23.1 Å². The molecule has 0 bridgehead atoms. The Kier molecular flexibility index (Phi) is 3.61. The molecule has 9 heteroatoms. The van der Waals surface area contributed by atoms with Gasteiger partial charge in [-0.15, -0.1) is 23.0 Å². The van der Waals surface area contributed by atoms with Gasteiger partial charge in [0.05, 0.1) is 17.8 Å². The molecule has 3 aromatic heterocycles. The second kappa shape index (κ2) is 5.55. The zero-order chi connectivity index (χ0) is 13.9. The molecular formula is C11H10N6OS2. The van der Waals surface area contributed by atoms with Crippen molar-refractivity contribution < 1.29 is 0 Å². The van der Waals surface area contributed by atoms with E-state index in [0.717, 1.165) is 5.52 Å². The number of H-pyrrole nitrogens is 1. The van der Waals surface area contributed by atoms with Gasteiger partial charge in [-0.2, -0.15) is 0 Å². The lowest BCUT2D eigenvalue weighted by Crippen LogP contribution is -2.09. The van der Waals surface area contributed by atoms with Crippen molar-refractivity contribution in [1.29, 1.82) is 0 Å². The monoisotopic (exact) mass is 306 g/mol. The van der Waals surface area contributed by atoms with Gasteiger partial charge in [0.15, 0.2) is 0 Å². The summed E-state index contributed by atoms with van der Waals surface area (Å²) in [5, 5.41) is 13.9. The molecule has 7 nitrogen and oxygen atoms in total. The Hall–Kier alpha value is -2.00. The van der Waals surface area contributed by atoms with Crippen molar-refractivity contribution in [3.8, 4) is 0 Å². The van der Waals surface area contributed by atoms with E-state index in [0.29, 0.717) is 28.0 Å². The first-order chi connectivity index (χ1) is 9.78. The normalized spacial score (nSPS) is 11.0. The lowest BCUT2D eigenvalue weighted by atomic mass is 10.4. The third-order valence-corrected chi connectivity index (χ3v) is 4.37. The van der Waals surface area contributed by atoms with Gasteiger partial charge in [-0.05, 0) is 21.9 Å². The molecule has 3 rings (SSSR count). The highest BCUT2D eigenvalue weighted by Crippen LogP contribution is 2.19. The van der Waals surface area contributed by atoms with E-state index < -0.39 is 0 Å². The molecule has 102 valence electrons. The molecule has 0 aliphatic rings. The zero-order valence-corrected chi connectivity index (χ0v) is 11.9. The maximum absolute atomic E-state index is 11.8. The smallest absolute Gasteiger partial charge is 0.268 e. The van der Waals surface area contributed by atoms with Gasteiger partial charge in [-0.3, -0.25) is 4.79 Å². The molecule has 1 N–H and O–H groups in total. The molecule has 0 aliphatic carbocycles. The fraction of sp³-hybridized carbons (Fsp3) is 0.182. The van der Waals surface area contributed by atoms with E-state index in [-0.39, 0.29) is 5.56 Å². The summed E-state index contributed by atoms with van der Waals surface area (Å²) in [6.45, 7) is 4.19. The second-order valence-electron chi connectivity index (χ2n) is 3.87. The fourth-order valence-electron chi connectivity index (χ4n) is 1.66. The van der Waals surface area contributed by atoms with Crippen LogP contribution in [0.5, 0.6) is 0 Å². The predicted molar refractivity (Wildman–Crippen MR) is 77.8 cm³/mol. The minimum Gasteiger partial charge on any atom is -0.309 e. The number of nitrogens with one attached hydrogen (secondary N) is 1. The van der Waals surface area contributed by atoms with Crippen molar-refractivity contribution in [2.45, 2.75) is 17.5 Å². The highest BCUT2D eigenvalue weighted by Gasteiger charge is 2.09. The first-order valence-corrected chi connectivity index (χ1v) is 7.60. The average molecular weight is 306 g/mol. The number of tetrazole rings is 1. The molecule has 0 amide bonds. The number of nitrogens with zero attached hydrogens (tertiary/aromatic N) is 5. The van der Waals surface area contributed by atoms with Crippen molar-refractivity contribution in [1.82, 2.24) is 30.2 Å². The van der Waals surface area contributed by atoms with E-state index in [1.807, 2.05) is 11.4 Å². The van der Waals surface area contributed by atoms with E-state index in [1.165, 1.54) is 23.1 Å². The molecule has 0 unspecified atom stereocenters. The van der Waals surface area contributed by atoms with Crippen molar-refractivity contribution >= 4 is 33.3 Å². The summed E-state index contributed by atoms with van der Waals surface area (Å²) in [6, 6.07) is 1.84. The van der Waals surface area contributed by atoms with Crippen LogP contribution in [0.3, 0.4) is 0 Å². The molecule has 0 saturated carbocycles. The topological polar surface area (TPSA) is 89.3 Å². The first kappa shape index (κ1) is 13.0. The van der Waals surface area contributed by atoms with E-state index >= 15 is 0 Å². The number of rotatable bonds is 5. The van der Waals surface area contributed by atoms with E-state index in [1.54, 1.807) is 10.8 Å². The lowest BCUT2D eigenvalue weighted by Gasteiger charge is -2.01. The summed E-state index contributed by atoms with van der Waals surface area (Å²) >= 11 is 2.80. The summed E-state index contributed by atoms with van der Waals surface area (Å²) in [7, 11) is 0. The zero-order valence-electron chi connectivity index (χ0n) is 10.3. The number of fused-ring (bicyclic) bond motifs is 1. The quantitative estimate of drug-likeness (QED) is 0.567. The van der Waals surface area contributed by atoms with Crippen LogP contribution in [-0.2, 0) is 12.3 Å². The van der Waals surface area contributed by atoms with Crippen LogP contribution in [0.4, 0.5) is 0 Å². The highest BCUT2D eigenvalue weighted by molar-refractivity contribution is 7.98. The van der Waals surface area contributed by atoms with Gasteiger partial charge in [-0.1, -0.05) is 17.8 Å². The van der Waals surface area contributed by atoms with Crippen LogP contribution in [0.15, 0.2) is 34.1 Å². The maximum Gasteiger partial charge on any atom is 0.268 e. The molecule has 0 aliphatic heterocycles. The molecule has 0 aromatic carbocycles. The molecule has 3 heterocycles. The van der Waals surface area contributed by atoms with Gasteiger partial charge in [0.25, 0.3) is 5.56 Å². The van der Waals surface area contributed by atoms with Gasteiger partial charge in [-0.25, -0.2) is 9.67 Å². The third kappa shape index (κ3) is 2.49. The molecule has 0 spiro atoms. The molecule has 0 fully saturated rings. The average Bonchev–Trinajstić information content (AvgIpc) is 3.06. The van der Waals surface area contributed by atoms with Gasteiger partial charge < -0.3 is 4.98 Å². The van der Waals surface area contributed by atoms with Crippen LogP contribution in [0.2, 0.25) is 0 Å². The molecule has 20 heavy (non-hydrogen) atoms. The molecule has 0 radical (unpaired) electrons. The fourth-order valence-corrected chi connectivity index (χ4v) is 3.14. The Morgan fingerprint density at radius 1 is 1.55 bits per heavy atom. The Labute approximate surface area is 121 Å². The van der Waals surface area contributed by atoms with Gasteiger partial charge >= 0.3 is 0 Å². The summed E-state index contributed by atoms with van der Waals surface area (Å²) in [6.07, 6.45) is 1.72. The third-order valence-electron chi connectivity index (χ3n) is 2.50. The Morgan fingerprint density at radius 3 is 3.30 bits per heavy atom. The molecule has 3 aromatic rings. The van der Waals surface area contributed by atoms with Gasteiger partial charge in [0.2, 0.25) is 5.16 Å². The SMILES string of the molecule is C=CCn1nnnc1SCc1nc2ccsc2c(=O)[nH]1. The standard InChI is InChI=1S/C11H10N6OS2/c1-2-4-17-11(14-15-16-17)20-6-8-12-7-3-5-19-9(7)10(18)13-8/h2-3,5H,1,4,6H2,(H,12,13,18). The number of hydrogen-bond acceptors (Lipinski definition) is 7. The summed E-state index contributed by atoms with van der Waals surface area (Å²) < 4.78 is 2.29. The van der Waals surface area contributed by atoms with Crippen molar-refractivity contribution in [3.05, 3.63) is 40.3 Å². The van der Waals surface area contributed by atoms with Crippen LogP contribution in [0.1, 0.15) is 5.82 Å². The first-order valence-electron chi connectivity index (χ1n) is 5.74. The molecule has 0 saturated heterocycles. The predicted octanol–water partition coefficient (Wildman–Crippen LogP) is 1.45. The molecular weight excluding hydrogens is 296 g/mol. The number of aromatic nitrogens is 6. The summed E-state index contributed by atoms with van der Waals surface area (Å²) in [5.74, 6) is 1.11. The summed E-state index contributed by atoms with van der Waals surface area (Å²) in [4.78, 5) is 19.0. The van der Waals surface area contributed by atoms with Crippen LogP contribution < -0.4 is 5.56 Å². The maximum atomic E-state index is 11.8.